The molecule has 0 spiro atoms. The number of H-pyrrole nitrogens is 1. The molecule has 22 heavy (non-hydrogen) atoms. The van der Waals surface area contributed by atoms with Gasteiger partial charge in [0, 0.05) is 5.56 Å². The maximum absolute atomic E-state index is 6.14. The van der Waals surface area contributed by atoms with E-state index in [4.69, 9.17) is 28.9 Å². The molecule has 0 saturated heterocycles. The molecule has 0 aliphatic carbocycles. The SMILES string of the molecule is NC1=N[C@H](c2ccc(Cl)c(Cl)c2)[n+]2c([nH]c3ccccc32)N1. The Morgan fingerprint density at radius 2 is 1.91 bits per heavy atom. The summed E-state index contributed by atoms with van der Waals surface area (Å²) in [5.41, 5.74) is 8.85. The molecule has 1 aliphatic rings. The molecule has 1 aliphatic heterocycles. The summed E-state index contributed by atoms with van der Waals surface area (Å²) in [4.78, 5) is 7.82. The van der Waals surface area contributed by atoms with Crippen LogP contribution in [0.15, 0.2) is 47.5 Å². The van der Waals surface area contributed by atoms with Gasteiger partial charge in [-0.3, -0.25) is 0 Å². The molecule has 3 aromatic rings. The van der Waals surface area contributed by atoms with Crippen molar-refractivity contribution < 1.29 is 4.57 Å². The minimum Gasteiger partial charge on any atom is -0.357 e. The van der Waals surface area contributed by atoms with Crippen LogP contribution in [0.3, 0.4) is 0 Å². The summed E-state index contributed by atoms with van der Waals surface area (Å²) >= 11 is 12.1. The summed E-state index contributed by atoms with van der Waals surface area (Å²) in [6.07, 6.45) is -0.304. The summed E-state index contributed by atoms with van der Waals surface area (Å²) in [6, 6.07) is 13.5. The van der Waals surface area contributed by atoms with E-state index >= 15 is 0 Å². The van der Waals surface area contributed by atoms with Gasteiger partial charge in [0.15, 0.2) is 0 Å². The quantitative estimate of drug-likeness (QED) is 0.599. The second-order valence-electron chi connectivity index (χ2n) is 5.05. The molecule has 0 amide bonds. The Morgan fingerprint density at radius 3 is 2.73 bits per heavy atom. The lowest BCUT2D eigenvalue weighted by molar-refractivity contribution is -0.674. The maximum atomic E-state index is 6.14. The second kappa shape index (κ2) is 4.90. The predicted octanol–water partition coefficient (Wildman–Crippen LogP) is 3.05. The van der Waals surface area contributed by atoms with E-state index < -0.39 is 0 Å². The first kappa shape index (κ1) is 13.4. The molecule has 0 bridgehead atoms. The van der Waals surface area contributed by atoms with Crippen molar-refractivity contribution in [2.75, 3.05) is 5.32 Å². The van der Waals surface area contributed by atoms with Crippen molar-refractivity contribution in [3.05, 3.63) is 58.1 Å². The number of guanidine groups is 1. The van der Waals surface area contributed by atoms with Gasteiger partial charge in [0.1, 0.15) is 11.0 Å². The summed E-state index contributed by atoms with van der Waals surface area (Å²) in [7, 11) is 0. The zero-order chi connectivity index (χ0) is 15.3. The molecular weight excluding hydrogens is 321 g/mol. The van der Waals surface area contributed by atoms with Crippen molar-refractivity contribution in [3.8, 4) is 0 Å². The number of imidazole rings is 1. The van der Waals surface area contributed by atoms with E-state index in [0.29, 0.717) is 16.0 Å². The molecule has 4 N–H and O–H groups in total. The summed E-state index contributed by atoms with van der Waals surface area (Å²) in [5.74, 6) is 1.13. The smallest absolute Gasteiger partial charge is 0.357 e. The first-order valence-corrected chi connectivity index (χ1v) is 7.46. The van der Waals surface area contributed by atoms with Crippen LogP contribution >= 0.6 is 23.2 Å². The van der Waals surface area contributed by atoms with E-state index in [0.717, 1.165) is 22.5 Å². The van der Waals surface area contributed by atoms with E-state index in [2.05, 4.69) is 15.3 Å². The highest BCUT2D eigenvalue weighted by molar-refractivity contribution is 6.42. The first-order valence-electron chi connectivity index (χ1n) is 6.71. The Balaban J connectivity index is 1.96. The minimum atomic E-state index is -0.304. The van der Waals surface area contributed by atoms with Crippen molar-refractivity contribution in [3.63, 3.8) is 0 Å². The third-order valence-electron chi connectivity index (χ3n) is 3.65. The standard InChI is InChI=1S/C15H11Cl2N5/c16-9-6-5-8(7-10(9)17)13-20-14(18)21-15-19-11-3-1-2-4-12(11)22(13)15/h1-7,13H,(H3,18,19,20,21)/p+1/t13-/m0/s1. The number of nitrogens with one attached hydrogen (secondary N) is 2. The highest BCUT2D eigenvalue weighted by Crippen LogP contribution is 2.29. The largest absolute Gasteiger partial charge is 0.365 e. The molecular formula is C15H12Cl2N5+. The highest BCUT2D eigenvalue weighted by atomic mass is 35.5. The van der Waals surface area contributed by atoms with E-state index in [1.807, 2.05) is 41.0 Å². The summed E-state index contributed by atoms with van der Waals surface area (Å²) in [5, 5.41) is 4.06. The van der Waals surface area contributed by atoms with E-state index in [1.54, 1.807) is 6.07 Å². The zero-order valence-corrected chi connectivity index (χ0v) is 12.9. The predicted molar refractivity (Wildman–Crippen MR) is 88.3 cm³/mol. The van der Waals surface area contributed by atoms with Crippen LogP contribution in [0.1, 0.15) is 11.7 Å². The van der Waals surface area contributed by atoms with Crippen LogP contribution in [-0.4, -0.2) is 10.9 Å². The van der Waals surface area contributed by atoms with Gasteiger partial charge in [0.25, 0.3) is 5.96 Å². The highest BCUT2D eigenvalue weighted by Gasteiger charge is 2.31. The number of nitrogens with zero attached hydrogens (tertiary/aromatic N) is 2. The van der Waals surface area contributed by atoms with Crippen LogP contribution in [0, 0.1) is 0 Å². The number of para-hydroxylation sites is 2. The Hall–Kier alpha value is -2.24. The van der Waals surface area contributed by atoms with Crippen molar-refractivity contribution in [1.82, 2.24) is 4.98 Å². The molecule has 2 heterocycles. The van der Waals surface area contributed by atoms with Gasteiger partial charge in [0.05, 0.1) is 10.0 Å². The molecule has 1 atom stereocenters. The number of aromatic amines is 1. The normalized spacial score (nSPS) is 17.0. The average Bonchev–Trinajstić information content (AvgIpc) is 2.87. The van der Waals surface area contributed by atoms with Crippen LogP contribution in [0.25, 0.3) is 11.0 Å². The number of halogens is 2. The van der Waals surface area contributed by atoms with Gasteiger partial charge < -0.3 is 5.73 Å². The lowest BCUT2D eigenvalue weighted by atomic mass is 10.1. The molecule has 0 saturated carbocycles. The summed E-state index contributed by atoms with van der Waals surface area (Å²) in [6.45, 7) is 0. The number of hydrogen-bond donors (Lipinski definition) is 3. The topological polar surface area (TPSA) is 70.1 Å². The van der Waals surface area contributed by atoms with Crippen molar-refractivity contribution in [2.45, 2.75) is 6.17 Å². The van der Waals surface area contributed by atoms with Crippen LogP contribution in [0.2, 0.25) is 10.0 Å². The number of benzene rings is 2. The molecule has 0 unspecified atom stereocenters. The van der Waals surface area contributed by atoms with E-state index in [9.17, 15) is 0 Å². The second-order valence-corrected chi connectivity index (χ2v) is 5.86. The average molecular weight is 333 g/mol. The van der Waals surface area contributed by atoms with Crippen LogP contribution in [0.4, 0.5) is 5.95 Å². The Kier molecular flexibility index (Phi) is 2.99. The molecule has 4 rings (SSSR count). The first-order chi connectivity index (χ1) is 10.6. The molecule has 7 heteroatoms. The fourth-order valence-electron chi connectivity index (χ4n) is 2.68. The van der Waals surface area contributed by atoms with Crippen molar-refractivity contribution in [1.29, 1.82) is 0 Å². The summed E-state index contributed by atoms with van der Waals surface area (Å²) < 4.78 is 2.05. The molecule has 110 valence electrons. The van der Waals surface area contributed by atoms with Gasteiger partial charge in [-0.1, -0.05) is 41.4 Å². The number of nitrogens with two attached hydrogens (primary N) is 1. The van der Waals surface area contributed by atoms with Gasteiger partial charge in [-0.2, -0.15) is 4.99 Å². The monoisotopic (exact) mass is 332 g/mol. The minimum absolute atomic E-state index is 0.304. The number of aromatic nitrogens is 2. The van der Waals surface area contributed by atoms with E-state index in [-0.39, 0.29) is 6.17 Å². The van der Waals surface area contributed by atoms with Crippen LogP contribution in [0.5, 0.6) is 0 Å². The zero-order valence-electron chi connectivity index (χ0n) is 11.3. The molecule has 5 nitrogen and oxygen atoms in total. The van der Waals surface area contributed by atoms with Crippen LogP contribution < -0.4 is 15.6 Å². The number of rotatable bonds is 1. The number of anilines is 1. The Labute approximate surface area is 136 Å². The molecule has 0 fully saturated rings. The fraction of sp³-hybridized carbons (Fsp3) is 0.0667. The van der Waals surface area contributed by atoms with Gasteiger partial charge in [-0.05, 0) is 24.3 Å². The van der Waals surface area contributed by atoms with Gasteiger partial charge in [-0.15, -0.1) is 0 Å². The Morgan fingerprint density at radius 1 is 1.09 bits per heavy atom. The lowest BCUT2D eigenvalue weighted by Crippen LogP contribution is -2.48. The van der Waals surface area contributed by atoms with Crippen molar-refractivity contribution in [2.24, 2.45) is 10.7 Å². The number of aliphatic imine (C=N–C) groups is 1. The molecule has 0 radical (unpaired) electrons. The third kappa shape index (κ3) is 2.01. The van der Waals surface area contributed by atoms with Crippen molar-refractivity contribution >= 4 is 46.1 Å². The van der Waals surface area contributed by atoms with Gasteiger partial charge in [0.2, 0.25) is 6.17 Å². The van der Waals surface area contributed by atoms with Gasteiger partial charge >= 0.3 is 5.95 Å². The number of hydrogen-bond acceptors (Lipinski definition) is 3. The molecule has 2 aromatic carbocycles. The fourth-order valence-corrected chi connectivity index (χ4v) is 2.99. The van der Waals surface area contributed by atoms with E-state index in [1.165, 1.54) is 0 Å². The molecule has 1 aromatic heterocycles. The lowest BCUT2D eigenvalue weighted by Gasteiger charge is -2.18. The number of fused-ring (bicyclic) bond motifs is 3. The Bertz CT molecular complexity index is 915. The van der Waals surface area contributed by atoms with Gasteiger partial charge in [-0.25, -0.2) is 14.9 Å². The van der Waals surface area contributed by atoms with Crippen LogP contribution in [-0.2, 0) is 0 Å². The third-order valence-corrected chi connectivity index (χ3v) is 4.39. The maximum Gasteiger partial charge on any atom is 0.365 e.